The van der Waals surface area contributed by atoms with E-state index in [1.54, 1.807) is 24.8 Å². The number of aryl methyl sites for hydroxylation is 2. The molecule has 0 aliphatic carbocycles. The summed E-state index contributed by atoms with van der Waals surface area (Å²) >= 11 is 3.73. The molecule has 0 amide bonds. The average molecular weight is 508 g/mol. The standard InChI is InChI=1S/C26H18BrN7/c1-15-11-30-21(13-28-15)19-10-20(22-14-29-16(2)12-31-22)33-26(32-19)34-23-8-4-3-6-17(23)25-18(27)7-5-9-24(25)34/h3-14H,1-2H3. The molecule has 4 heterocycles. The van der Waals surface area contributed by atoms with Crippen molar-refractivity contribution in [3.8, 4) is 28.7 Å². The van der Waals surface area contributed by atoms with Gasteiger partial charge in [-0.3, -0.25) is 24.5 Å². The first kappa shape index (κ1) is 20.6. The van der Waals surface area contributed by atoms with Gasteiger partial charge in [-0.2, -0.15) is 0 Å². The van der Waals surface area contributed by atoms with Crippen LogP contribution < -0.4 is 0 Å². The van der Waals surface area contributed by atoms with Crippen LogP contribution in [-0.2, 0) is 0 Å². The molecule has 0 aliphatic heterocycles. The third kappa shape index (κ3) is 3.43. The molecule has 0 radical (unpaired) electrons. The molecule has 0 N–H and O–H groups in total. The van der Waals surface area contributed by atoms with Crippen molar-refractivity contribution >= 4 is 37.7 Å². The van der Waals surface area contributed by atoms with E-state index < -0.39 is 0 Å². The summed E-state index contributed by atoms with van der Waals surface area (Å²) in [7, 11) is 0. The Morgan fingerprint density at radius 2 is 1.26 bits per heavy atom. The largest absolute Gasteiger partial charge is 0.278 e. The van der Waals surface area contributed by atoms with Gasteiger partial charge in [-0.1, -0.05) is 40.2 Å². The zero-order valence-electron chi connectivity index (χ0n) is 18.4. The minimum atomic E-state index is 0.529. The minimum Gasteiger partial charge on any atom is -0.278 e. The molecule has 164 valence electrons. The number of rotatable bonds is 3. The molecule has 0 atom stereocenters. The fourth-order valence-corrected chi connectivity index (χ4v) is 4.61. The first-order valence-corrected chi connectivity index (χ1v) is 11.5. The van der Waals surface area contributed by atoms with Crippen molar-refractivity contribution in [2.45, 2.75) is 13.8 Å². The fraction of sp³-hybridized carbons (Fsp3) is 0.0769. The molecule has 0 saturated carbocycles. The van der Waals surface area contributed by atoms with E-state index >= 15 is 0 Å². The number of para-hydroxylation sites is 1. The highest BCUT2D eigenvalue weighted by molar-refractivity contribution is 9.10. The van der Waals surface area contributed by atoms with Crippen LogP contribution in [0.3, 0.4) is 0 Å². The van der Waals surface area contributed by atoms with Gasteiger partial charge in [0, 0.05) is 27.6 Å². The summed E-state index contributed by atoms with van der Waals surface area (Å²) in [5.41, 5.74) is 6.35. The minimum absolute atomic E-state index is 0.529. The first-order chi connectivity index (χ1) is 16.6. The molecule has 0 aliphatic rings. The second-order valence-electron chi connectivity index (χ2n) is 8.01. The second kappa shape index (κ2) is 8.07. The first-order valence-electron chi connectivity index (χ1n) is 10.7. The fourth-order valence-electron chi connectivity index (χ4n) is 4.04. The molecule has 34 heavy (non-hydrogen) atoms. The Labute approximate surface area is 203 Å². The topological polar surface area (TPSA) is 82.3 Å². The molecular formula is C26H18BrN7. The van der Waals surface area contributed by atoms with Crippen molar-refractivity contribution in [3.63, 3.8) is 0 Å². The lowest BCUT2D eigenvalue weighted by Crippen LogP contribution is -2.05. The van der Waals surface area contributed by atoms with Crippen molar-refractivity contribution in [2.75, 3.05) is 0 Å². The lowest BCUT2D eigenvalue weighted by atomic mass is 10.2. The van der Waals surface area contributed by atoms with E-state index in [1.807, 2.05) is 44.2 Å². The Bertz CT molecular complexity index is 1610. The number of hydrogen-bond donors (Lipinski definition) is 0. The molecule has 6 rings (SSSR count). The van der Waals surface area contributed by atoms with Crippen LogP contribution in [0.25, 0.3) is 50.5 Å². The summed E-state index contributed by atoms with van der Waals surface area (Å²) in [4.78, 5) is 27.8. The van der Waals surface area contributed by atoms with Crippen molar-refractivity contribution in [3.05, 3.63) is 89.2 Å². The number of benzene rings is 2. The van der Waals surface area contributed by atoms with Gasteiger partial charge < -0.3 is 0 Å². The van der Waals surface area contributed by atoms with Crippen LogP contribution in [0.1, 0.15) is 11.4 Å². The lowest BCUT2D eigenvalue weighted by molar-refractivity contribution is 0.981. The highest BCUT2D eigenvalue weighted by Crippen LogP contribution is 2.36. The van der Waals surface area contributed by atoms with E-state index in [0.29, 0.717) is 28.7 Å². The Balaban J connectivity index is 1.68. The summed E-state index contributed by atoms with van der Waals surface area (Å²) in [5.74, 6) is 0.529. The molecule has 0 spiro atoms. The van der Waals surface area contributed by atoms with Crippen LogP contribution in [0.5, 0.6) is 0 Å². The highest BCUT2D eigenvalue weighted by atomic mass is 79.9. The second-order valence-corrected chi connectivity index (χ2v) is 8.87. The van der Waals surface area contributed by atoms with E-state index in [9.17, 15) is 0 Å². The maximum atomic E-state index is 4.93. The normalized spacial score (nSPS) is 11.4. The maximum Gasteiger partial charge on any atom is 0.235 e. The molecule has 2 aromatic carbocycles. The Hall–Kier alpha value is -4.04. The number of halogens is 1. The summed E-state index contributed by atoms with van der Waals surface area (Å²) in [5, 5.41) is 2.23. The van der Waals surface area contributed by atoms with Gasteiger partial charge in [0.1, 0.15) is 11.4 Å². The molecule has 0 bridgehead atoms. The number of nitrogens with zero attached hydrogens (tertiary/aromatic N) is 7. The monoisotopic (exact) mass is 507 g/mol. The summed E-state index contributed by atoms with van der Waals surface area (Å²) < 4.78 is 3.09. The Morgan fingerprint density at radius 3 is 1.88 bits per heavy atom. The quantitative estimate of drug-likeness (QED) is 0.298. The number of aromatic nitrogens is 7. The van der Waals surface area contributed by atoms with E-state index in [-0.39, 0.29) is 0 Å². The van der Waals surface area contributed by atoms with E-state index in [2.05, 4.69) is 58.6 Å². The molecule has 7 nitrogen and oxygen atoms in total. The maximum absolute atomic E-state index is 4.93. The van der Waals surface area contributed by atoms with E-state index in [4.69, 9.17) is 9.97 Å². The predicted octanol–water partition coefficient (Wildman–Crippen LogP) is 5.87. The lowest BCUT2D eigenvalue weighted by Gasteiger charge is -2.11. The van der Waals surface area contributed by atoms with Crippen LogP contribution in [0.2, 0.25) is 0 Å². The van der Waals surface area contributed by atoms with Crippen molar-refractivity contribution in [2.24, 2.45) is 0 Å². The molecule has 8 heteroatoms. The molecule has 4 aromatic heterocycles. The summed E-state index contributed by atoms with van der Waals surface area (Å²) in [6.07, 6.45) is 6.93. The van der Waals surface area contributed by atoms with Gasteiger partial charge >= 0.3 is 0 Å². The zero-order chi connectivity index (χ0) is 23.2. The molecule has 0 saturated heterocycles. The van der Waals surface area contributed by atoms with Crippen molar-refractivity contribution in [1.29, 1.82) is 0 Å². The van der Waals surface area contributed by atoms with Crippen LogP contribution >= 0.6 is 15.9 Å². The molecule has 6 aromatic rings. The van der Waals surface area contributed by atoms with Gasteiger partial charge in [0.15, 0.2) is 0 Å². The van der Waals surface area contributed by atoms with Crippen molar-refractivity contribution < 1.29 is 0 Å². The van der Waals surface area contributed by atoms with E-state index in [1.165, 1.54) is 0 Å². The average Bonchev–Trinajstić information content (AvgIpc) is 3.20. The Kier molecular flexibility index (Phi) is 4.88. The molecule has 0 fully saturated rings. The van der Waals surface area contributed by atoms with Crippen LogP contribution in [-0.4, -0.2) is 34.5 Å². The summed E-state index contributed by atoms with van der Waals surface area (Å²) in [6, 6.07) is 16.3. The third-order valence-corrected chi connectivity index (χ3v) is 6.31. The highest BCUT2D eigenvalue weighted by Gasteiger charge is 2.18. The van der Waals surface area contributed by atoms with Crippen LogP contribution in [0, 0.1) is 13.8 Å². The van der Waals surface area contributed by atoms with Crippen LogP contribution in [0.4, 0.5) is 0 Å². The SMILES string of the molecule is Cc1cnc(-c2cc(-c3cnc(C)cn3)nc(-n3c4ccccc4c4c(Br)cccc43)n2)cn1. The van der Waals surface area contributed by atoms with E-state index in [0.717, 1.165) is 37.7 Å². The van der Waals surface area contributed by atoms with Gasteiger partial charge in [-0.15, -0.1) is 0 Å². The smallest absolute Gasteiger partial charge is 0.235 e. The van der Waals surface area contributed by atoms with Gasteiger partial charge in [0.05, 0.1) is 46.2 Å². The zero-order valence-corrected chi connectivity index (χ0v) is 20.0. The van der Waals surface area contributed by atoms with Crippen LogP contribution in [0.15, 0.2) is 77.8 Å². The van der Waals surface area contributed by atoms with Crippen molar-refractivity contribution in [1.82, 2.24) is 34.5 Å². The molecule has 0 unspecified atom stereocenters. The van der Waals surface area contributed by atoms with Gasteiger partial charge in [0.2, 0.25) is 5.95 Å². The Morgan fingerprint density at radius 1 is 0.647 bits per heavy atom. The number of fused-ring (bicyclic) bond motifs is 3. The summed E-state index contributed by atoms with van der Waals surface area (Å²) in [6.45, 7) is 3.82. The molecular weight excluding hydrogens is 490 g/mol. The van der Waals surface area contributed by atoms with Gasteiger partial charge in [-0.25, -0.2) is 9.97 Å². The third-order valence-electron chi connectivity index (χ3n) is 5.65. The number of hydrogen-bond acceptors (Lipinski definition) is 6. The van der Waals surface area contributed by atoms with Gasteiger partial charge in [-0.05, 0) is 38.1 Å². The van der Waals surface area contributed by atoms with Gasteiger partial charge in [0.25, 0.3) is 0 Å². The predicted molar refractivity (Wildman–Crippen MR) is 136 cm³/mol.